The lowest BCUT2D eigenvalue weighted by atomic mass is 10.3. The molecule has 2 N–H and O–H groups in total. The molecule has 1 rings (SSSR count). The van der Waals surface area contributed by atoms with Crippen molar-refractivity contribution in [1.82, 2.24) is 14.9 Å². The van der Waals surface area contributed by atoms with Gasteiger partial charge in [-0.25, -0.2) is 4.98 Å². The molecule has 8 heteroatoms. The van der Waals surface area contributed by atoms with E-state index in [0.29, 0.717) is 18.2 Å². The third-order valence-corrected chi connectivity index (χ3v) is 2.91. The van der Waals surface area contributed by atoms with Gasteiger partial charge in [0.05, 0.1) is 4.92 Å². The molecule has 1 heterocycles. The number of aromatic nitrogens is 2. The lowest BCUT2D eigenvalue weighted by molar-refractivity contribution is -0.385. The summed E-state index contributed by atoms with van der Waals surface area (Å²) in [4.78, 5) is 20.8. The van der Waals surface area contributed by atoms with E-state index < -0.39 is 4.92 Å². The van der Waals surface area contributed by atoms with E-state index >= 15 is 0 Å². The number of likely N-dealkylation sites (N-methyl/N-ethyl adjacent to an activating group) is 1. The highest BCUT2D eigenvalue weighted by Gasteiger charge is 2.22. The van der Waals surface area contributed by atoms with E-state index in [2.05, 4.69) is 20.6 Å². The molecule has 106 valence electrons. The van der Waals surface area contributed by atoms with E-state index in [1.165, 1.54) is 0 Å². The Bertz CT molecular complexity index is 463. The smallest absolute Gasteiger partial charge is 0.332 e. The molecule has 19 heavy (non-hydrogen) atoms. The van der Waals surface area contributed by atoms with E-state index in [9.17, 15) is 10.1 Å². The summed E-state index contributed by atoms with van der Waals surface area (Å²) in [6.45, 7) is 4.18. The van der Waals surface area contributed by atoms with Gasteiger partial charge in [-0.15, -0.1) is 0 Å². The molecule has 0 saturated heterocycles. The van der Waals surface area contributed by atoms with Crippen LogP contribution in [0.4, 0.5) is 17.5 Å². The molecule has 1 aromatic heterocycles. The Balaban J connectivity index is 3.03. The number of aryl methyl sites for hydroxylation is 1. The van der Waals surface area contributed by atoms with Crippen molar-refractivity contribution in [1.29, 1.82) is 0 Å². The van der Waals surface area contributed by atoms with Crippen LogP contribution < -0.4 is 10.6 Å². The van der Waals surface area contributed by atoms with Gasteiger partial charge in [-0.05, 0) is 27.9 Å². The first-order valence-electron chi connectivity index (χ1n) is 5.97. The summed E-state index contributed by atoms with van der Waals surface area (Å²) in [7, 11) is 5.57. The second kappa shape index (κ2) is 6.28. The largest absolute Gasteiger partial charge is 0.363 e. The minimum Gasteiger partial charge on any atom is -0.363 e. The van der Waals surface area contributed by atoms with Crippen molar-refractivity contribution < 1.29 is 4.92 Å². The Morgan fingerprint density at radius 2 is 2.05 bits per heavy atom. The quantitative estimate of drug-likeness (QED) is 0.589. The van der Waals surface area contributed by atoms with Crippen LogP contribution in [0.25, 0.3) is 0 Å². The van der Waals surface area contributed by atoms with Crippen LogP contribution in [0.15, 0.2) is 0 Å². The van der Waals surface area contributed by atoms with Gasteiger partial charge in [0.1, 0.15) is 5.69 Å². The van der Waals surface area contributed by atoms with Crippen LogP contribution in [0.1, 0.15) is 12.6 Å². The van der Waals surface area contributed by atoms with Crippen molar-refractivity contribution in [2.75, 3.05) is 38.3 Å². The summed E-state index contributed by atoms with van der Waals surface area (Å²) in [5, 5.41) is 16.9. The zero-order chi connectivity index (χ0) is 14.6. The fourth-order valence-corrected chi connectivity index (χ4v) is 1.45. The van der Waals surface area contributed by atoms with Gasteiger partial charge in [-0.2, -0.15) is 4.98 Å². The predicted octanol–water partition coefficient (Wildman–Crippen LogP) is 1.10. The molecule has 0 aliphatic heterocycles. The predicted molar refractivity (Wildman–Crippen MR) is 74.6 cm³/mol. The SMILES string of the molecule is CNc1nc(C)c([N+](=O)[O-])c(NCC(C)N(C)C)n1. The van der Waals surface area contributed by atoms with Gasteiger partial charge in [-0.3, -0.25) is 10.1 Å². The molecule has 0 aliphatic rings. The molecule has 0 aliphatic carbocycles. The maximum Gasteiger partial charge on any atom is 0.332 e. The van der Waals surface area contributed by atoms with Crippen LogP contribution in [-0.4, -0.2) is 53.5 Å². The molecule has 0 radical (unpaired) electrons. The molecular weight excluding hydrogens is 248 g/mol. The maximum absolute atomic E-state index is 11.1. The maximum atomic E-state index is 11.1. The highest BCUT2D eigenvalue weighted by Crippen LogP contribution is 2.26. The zero-order valence-corrected chi connectivity index (χ0v) is 11.9. The lowest BCUT2D eigenvalue weighted by Gasteiger charge is -2.20. The molecule has 0 fully saturated rings. The molecule has 0 bridgehead atoms. The number of rotatable bonds is 6. The molecule has 0 aromatic carbocycles. The van der Waals surface area contributed by atoms with Crippen LogP contribution in [0.5, 0.6) is 0 Å². The van der Waals surface area contributed by atoms with Gasteiger partial charge in [0.2, 0.25) is 11.8 Å². The van der Waals surface area contributed by atoms with Gasteiger partial charge in [-0.1, -0.05) is 0 Å². The first kappa shape index (κ1) is 15.1. The number of hydrogen-bond acceptors (Lipinski definition) is 7. The van der Waals surface area contributed by atoms with Gasteiger partial charge in [0.25, 0.3) is 0 Å². The Labute approximate surface area is 112 Å². The number of nitrogens with zero attached hydrogens (tertiary/aromatic N) is 4. The van der Waals surface area contributed by atoms with Crippen molar-refractivity contribution in [3.8, 4) is 0 Å². The Morgan fingerprint density at radius 3 is 2.53 bits per heavy atom. The summed E-state index contributed by atoms with van der Waals surface area (Å²) >= 11 is 0. The van der Waals surface area contributed by atoms with Gasteiger partial charge >= 0.3 is 5.69 Å². The minimum atomic E-state index is -0.461. The van der Waals surface area contributed by atoms with Crippen molar-refractivity contribution >= 4 is 17.5 Å². The average Bonchev–Trinajstić information content (AvgIpc) is 2.34. The van der Waals surface area contributed by atoms with E-state index in [1.54, 1.807) is 14.0 Å². The standard InChI is InChI=1S/C11H20N6O2/c1-7(16(4)5)6-13-10-9(17(18)19)8(2)14-11(12-3)15-10/h7H,6H2,1-5H3,(H2,12,13,14,15). The van der Waals surface area contributed by atoms with E-state index in [0.717, 1.165) is 0 Å². The van der Waals surface area contributed by atoms with Crippen LogP contribution >= 0.6 is 0 Å². The van der Waals surface area contributed by atoms with Crippen molar-refractivity contribution in [2.45, 2.75) is 19.9 Å². The Kier molecular flexibility index (Phi) is 4.99. The first-order valence-corrected chi connectivity index (χ1v) is 5.97. The molecule has 1 unspecified atom stereocenters. The second-order valence-corrected chi connectivity index (χ2v) is 4.53. The van der Waals surface area contributed by atoms with Crippen molar-refractivity contribution in [2.24, 2.45) is 0 Å². The van der Waals surface area contributed by atoms with E-state index in [1.807, 2.05) is 25.9 Å². The van der Waals surface area contributed by atoms with Crippen LogP contribution in [0.3, 0.4) is 0 Å². The second-order valence-electron chi connectivity index (χ2n) is 4.53. The molecule has 1 aromatic rings. The van der Waals surface area contributed by atoms with Crippen LogP contribution in [0.2, 0.25) is 0 Å². The third-order valence-electron chi connectivity index (χ3n) is 2.91. The number of hydrogen-bond donors (Lipinski definition) is 2. The summed E-state index contributed by atoms with van der Waals surface area (Å²) in [5.74, 6) is 0.610. The molecule has 0 spiro atoms. The summed E-state index contributed by atoms with van der Waals surface area (Å²) in [6.07, 6.45) is 0. The summed E-state index contributed by atoms with van der Waals surface area (Å²) in [5.41, 5.74) is 0.259. The van der Waals surface area contributed by atoms with Crippen LogP contribution in [0, 0.1) is 17.0 Å². The summed E-state index contributed by atoms with van der Waals surface area (Å²) in [6, 6.07) is 0.230. The van der Waals surface area contributed by atoms with Gasteiger partial charge in [0, 0.05) is 19.6 Å². The lowest BCUT2D eigenvalue weighted by Crippen LogP contribution is -2.32. The molecule has 1 atom stereocenters. The fourth-order valence-electron chi connectivity index (χ4n) is 1.45. The number of nitrogens with one attached hydrogen (secondary N) is 2. The fraction of sp³-hybridized carbons (Fsp3) is 0.636. The van der Waals surface area contributed by atoms with Crippen LogP contribution in [-0.2, 0) is 0 Å². The number of anilines is 2. The zero-order valence-electron chi connectivity index (χ0n) is 11.9. The highest BCUT2D eigenvalue weighted by atomic mass is 16.6. The van der Waals surface area contributed by atoms with Gasteiger partial charge < -0.3 is 15.5 Å². The van der Waals surface area contributed by atoms with Crippen molar-refractivity contribution in [3.63, 3.8) is 0 Å². The monoisotopic (exact) mass is 268 g/mol. The normalized spacial score (nSPS) is 12.3. The average molecular weight is 268 g/mol. The first-order chi connectivity index (χ1) is 8.86. The highest BCUT2D eigenvalue weighted by molar-refractivity contribution is 5.60. The summed E-state index contributed by atoms with van der Waals surface area (Å²) < 4.78 is 0. The Morgan fingerprint density at radius 1 is 1.42 bits per heavy atom. The number of nitro groups is 1. The minimum absolute atomic E-state index is 0.0787. The van der Waals surface area contributed by atoms with Crippen molar-refractivity contribution in [3.05, 3.63) is 15.8 Å². The van der Waals surface area contributed by atoms with E-state index in [-0.39, 0.29) is 17.5 Å². The van der Waals surface area contributed by atoms with E-state index in [4.69, 9.17) is 0 Å². The molecule has 0 saturated carbocycles. The van der Waals surface area contributed by atoms with Gasteiger partial charge in [0.15, 0.2) is 0 Å². The molecule has 8 nitrogen and oxygen atoms in total. The topological polar surface area (TPSA) is 96.2 Å². The Hall–Kier alpha value is -1.96. The molecular formula is C11H20N6O2. The third kappa shape index (κ3) is 3.75. The molecule has 0 amide bonds.